The van der Waals surface area contributed by atoms with Gasteiger partial charge in [-0.3, -0.25) is 4.79 Å². The molecule has 0 aliphatic carbocycles. The number of rotatable bonds is 7. The minimum Gasteiger partial charge on any atom is -0.496 e. The van der Waals surface area contributed by atoms with E-state index in [-0.39, 0.29) is 11.9 Å². The molecular formula is C24H25NO2. The van der Waals surface area contributed by atoms with Crippen molar-refractivity contribution < 1.29 is 9.53 Å². The number of hydrogen-bond donors (Lipinski definition) is 0. The molecule has 1 amide bonds. The molecule has 138 valence electrons. The van der Waals surface area contributed by atoms with Gasteiger partial charge in [0.15, 0.2) is 0 Å². The van der Waals surface area contributed by atoms with Crippen LogP contribution in [-0.2, 0) is 11.3 Å². The van der Waals surface area contributed by atoms with Gasteiger partial charge in [-0.15, -0.1) is 0 Å². The Labute approximate surface area is 161 Å². The van der Waals surface area contributed by atoms with Gasteiger partial charge in [-0.1, -0.05) is 85.8 Å². The van der Waals surface area contributed by atoms with Crippen LogP contribution in [0.5, 0.6) is 5.75 Å². The van der Waals surface area contributed by atoms with Crippen LogP contribution in [0.3, 0.4) is 0 Å². The summed E-state index contributed by atoms with van der Waals surface area (Å²) in [5.41, 5.74) is 3.19. The Bertz CT molecular complexity index is 822. The van der Waals surface area contributed by atoms with Gasteiger partial charge in [-0.25, -0.2) is 0 Å². The first-order valence-electron chi connectivity index (χ1n) is 9.25. The molecule has 0 saturated carbocycles. The van der Waals surface area contributed by atoms with Crippen molar-refractivity contribution >= 4 is 5.91 Å². The Kier molecular flexibility index (Phi) is 6.26. The van der Waals surface area contributed by atoms with Gasteiger partial charge in [0.05, 0.1) is 19.7 Å². The molecule has 0 saturated heterocycles. The lowest BCUT2D eigenvalue weighted by Gasteiger charge is -2.33. The van der Waals surface area contributed by atoms with Gasteiger partial charge in [0, 0.05) is 12.0 Å². The molecule has 0 bridgehead atoms. The van der Waals surface area contributed by atoms with Crippen LogP contribution in [0.2, 0.25) is 0 Å². The Balaban J connectivity index is 2.08. The summed E-state index contributed by atoms with van der Waals surface area (Å²) in [4.78, 5) is 14.9. The summed E-state index contributed by atoms with van der Waals surface area (Å²) in [5.74, 6) is 0.907. The zero-order valence-electron chi connectivity index (χ0n) is 15.8. The number of amides is 1. The fourth-order valence-electron chi connectivity index (χ4n) is 3.37. The molecule has 0 aliphatic rings. The van der Waals surface area contributed by atoms with E-state index in [1.165, 1.54) is 0 Å². The fourth-order valence-corrected chi connectivity index (χ4v) is 3.37. The molecule has 0 spiro atoms. The molecule has 3 nitrogen and oxygen atoms in total. The molecule has 0 radical (unpaired) electrons. The van der Waals surface area contributed by atoms with E-state index in [1.807, 2.05) is 72.5 Å². The number of benzene rings is 3. The molecular weight excluding hydrogens is 334 g/mol. The van der Waals surface area contributed by atoms with Crippen molar-refractivity contribution in [1.82, 2.24) is 4.90 Å². The largest absolute Gasteiger partial charge is 0.496 e. The summed E-state index contributed by atoms with van der Waals surface area (Å²) in [6, 6.07) is 28.1. The topological polar surface area (TPSA) is 29.5 Å². The molecule has 0 N–H and O–H groups in total. The molecule has 27 heavy (non-hydrogen) atoms. The lowest BCUT2D eigenvalue weighted by atomic mass is 9.96. The van der Waals surface area contributed by atoms with Crippen molar-refractivity contribution in [3.8, 4) is 5.75 Å². The highest BCUT2D eigenvalue weighted by molar-refractivity contribution is 5.77. The molecule has 0 unspecified atom stereocenters. The molecule has 3 heteroatoms. The fraction of sp³-hybridized carbons (Fsp3) is 0.208. The lowest BCUT2D eigenvalue weighted by molar-refractivity contribution is -0.133. The molecule has 0 aromatic heterocycles. The SMILES string of the molecule is CCC(=O)N(Cc1ccccc1OC)C(c1ccccc1)c1ccccc1. The van der Waals surface area contributed by atoms with Crippen LogP contribution in [-0.4, -0.2) is 17.9 Å². The molecule has 0 heterocycles. The highest BCUT2D eigenvalue weighted by atomic mass is 16.5. The van der Waals surface area contributed by atoms with Crippen LogP contribution in [0.25, 0.3) is 0 Å². The summed E-state index contributed by atoms with van der Waals surface area (Å²) in [5, 5.41) is 0. The number of methoxy groups -OCH3 is 1. The van der Waals surface area contributed by atoms with Crippen molar-refractivity contribution in [2.45, 2.75) is 25.9 Å². The number of nitrogens with zero attached hydrogens (tertiary/aromatic N) is 1. The van der Waals surface area contributed by atoms with Crippen molar-refractivity contribution in [1.29, 1.82) is 0 Å². The summed E-state index contributed by atoms with van der Waals surface area (Å²) in [6.45, 7) is 2.40. The predicted octanol–water partition coefficient (Wildman–Crippen LogP) is 5.22. The monoisotopic (exact) mass is 359 g/mol. The summed E-state index contributed by atoms with van der Waals surface area (Å²) in [7, 11) is 1.66. The van der Waals surface area contributed by atoms with Crippen LogP contribution in [0, 0.1) is 0 Å². The van der Waals surface area contributed by atoms with E-state index < -0.39 is 0 Å². The van der Waals surface area contributed by atoms with E-state index >= 15 is 0 Å². The molecule has 3 aromatic rings. The zero-order valence-corrected chi connectivity index (χ0v) is 15.8. The second-order valence-electron chi connectivity index (χ2n) is 6.41. The van der Waals surface area contributed by atoms with Gasteiger partial charge in [-0.2, -0.15) is 0 Å². The number of ether oxygens (including phenoxy) is 1. The number of para-hydroxylation sites is 1. The Morgan fingerprint density at radius 3 is 1.89 bits per heavy atom. The van der Waals surface area contributed by atoms with Crippen LogP contribution in [0.4, 0.5) is 0 Å². The number of carbonyl (C=O) groups excluding carboxylic acids is 1. The minimum atomic E-state index is -0.148. The first-order valence-corrected chi connectivity index (χ1v) is 9.25. The predicted molar refractivity (Wildman–Crippen MR) is 109 cm³/mol. The third-order valence-corrected chi connectivity index (χ3v) is 4.70. The van der Waals surface area contributed by atoms with Gasteiger partial charge in [0.25, 0.3) is 0 Å². The summed E-state index contributed by atoms with van der Waals surface area (Å²) < 4.78 is 5.51. The number of hydrogen-bond acceptors (Lipinski definition) is 2. The van der Waals surface area contributed by atoms with Crippen molar-refractivity contribution in [3.05, 3.63) is 102 Å². The average Bonchev–Trinajstić information content (AvgIpc) is 2.74. The average molecular weight is 359 g/mol. The van der Waals surface area contributed by atoms with Crippen molar-refractivity contribution in [2.24, 2.45) is 0 Å². The summed E-state index contributed by atoms with van der Waals surface area (Å²) in [6.07, 6.45) is 0.450. The first-order chi connectivity index (χ1) is 13.2. The van der Waals surface area contributed by atoms with E-state index in [0.29, 0.717) is 13.0 Å². The Hall–Kier alpha value is -3.07. The van der Waals surface area contributed by atoms with Gasteiger partial charge < -0.3 is 9.64 Å². The third-order valence-electron chi connectivity index (χ3n) is 4.70. The van der Waals surface area contributed by atoms with Gasteiger partial charge in [-0.05, 0) is 17.2 Å². The van der Waals surface area contributed by atoms with Crippen molar-refractivity contribution in [2.75, 3.05) is 7.11 Å². The van der Waals surface area contributed by atoms with Gasteiger partial charge in [0.1, 0.15) is 5.75 Å². The summed E-state index contributed by atoms with van der Waals surface area (Å²) >= 11 is 0. The van der Waals surface area contributed by atoms with E-state index in [4.69, 9.17) is 4.74 Å². The van der Waals surface area contributed by atoms with Crippen LogP contribution in [0.1, 0.15) is 36.1 Å². The molecule has 3 rings (SSSR count). The van der Waals surface area contributed by atoms with E-state index in [0.717, 1.165) is 22.4 Å². The smallest absolute Gasteiger partial charge is 0.223 e. The lowest BCUT2D eigenvalue weighted by Crippen LogP contribution is -2.34. The highest BCUT2D eigenvalue weighted by Gasteiger charge is 2.26. The van der Waals surface area contributed by atoms with Crippen LogP contribution >= 0.6 is 0 Å². The maximum atomic E-state index is 13.0. The standard InChI is InChI=1S/C24H25NO2/c1-3-23(26)25(18-21-16-10-11-17-22(21)27-2)24(19-12-6-4-7-13-19)20-14-8-5-9-15-20/h4-17,24H,3,18H2,1-2H3. The zero-order chi connectivity index (χ0) is 19.1. The normalized spacial score (nSPS) is 10.6. The molecule has 3 aromatic carbocycles. The second kappa shape index (κ2) is 9.04. The third kappa shape index (κ3) is 4.37. The maximum Gasteiger partial charge on any atom is 0.223 e. The maximum absolute atomic E-state index is 13.0. The molecule has 0 atom stereocenters. The van der Waals surface area contributed by atoms with Gasteiger partial charge >= 0.3 is 0 Å². The van der Waals surface area contributed by atoms with Crippen molar-refractivity contribution in [3.63, 3.8) is 0 Å². The quantitative estimate of drug-likeness (QED) is 0.578. The Morgan fingerprint density at radius 2 is 1.37 bits per heavy atom. The van der Waals surface area contributed by atoms with E-state index in [1.54, 1.807) is 7.11 Å². The first kappa shape index (κ1) is 18.7. The highest BCUT2D eigenvalue weighted by Crippen LogP contribution is 2.32. The minimum absolute atomic E-state index is 0.110. The van der Waals surface area contributed by atoms with Gasteiger partial charge in [0.2, 0.25) is 5.91 Å². The van der Waals surface area contributed by atoms with Crippen LogP contribution in [0.15, 0.2) is 84.9 Å². The second-order valence-corrected chi connectivity index (χ2v) is 6.41. The molecule has 0 fully saturated rings. The van der Waals surface area contributed by atoms with E-state index in [2.05, 4.69) is 24.3 Å². The number of carbonyl (C=O) groups is 1. The Morgan fingerprint density at radius 1 is 0.852 bits per heavy atom. The molecule has 0 aliphatic heterocycles. The van der Waals surface area contributed by atoms with Crippen LogP contribution < -0.4 is 4.74 Å². The van der Waals surface area contributed by atoms with E-state index in [9.17, 15) is 4.79 Å².